The molecule has 150 valence electrons. The second-order valence-corrected chi connectivity index (χ2v) is 7.28. The molecule has 0 atom stereocenters. The van der Waals surface area contributed by atoms with E-state index >= 15 is 0 Å². The zero-order chi connectivity index (χ0) is 20.1. The second-order valence-electron chi connectivity index (χ2n) is 7.28. The second kappa shape index (κ2) is 8.73. The van der Waals surface area contributed by atoms with Crippen LogP contribution in [0, 0.1) is 5.41 Å². The van der Waals surface area contributed by atoms with Crippen LogP contribution in [-0.4, -0.2) is 43.6 Å². The Balaban J connectivity index is 1.77. The Morgan fingerprint density at radius 2 is 1.64 bits per heavy atom. The van der Waals surface area contributed by atoms with Crippen LogP contribution in [0.5, 0.6) is 5.75 Å². The van der Waals surface area contributed by atoms with Crippen LogP contribution in [0.15, 0.2) is 36.4 Å². The molecule has 6 nitrogen and oxygen atoms in total. The fraction of sp³-hybridized carbons (Fsp3) is 0.409. The number of hydrogen-bond acceptors (Lipinski definition) is 6. The molecule has 28 heavy (non-hydrogen) atoms. The topological polar surface area (TPSA) is 85.2 Å². The molecule has 0 aliphatic heterocycles. The molecule has 1 aliphatic carbocycles. The highest BCUT2D eigenvalue weighted by Crippen LogP contribution is 2.38. The summed E-state index contributed by atoms with van der Waals surface area (Å²) in [6.07, 6.45) is 1.11. The van der Waals surface area contributed by atoms with Gasteiger partial charge in [-0.15, -0.1) is 0 Å². The number of aliphatic hydroxyl groups excluding tert-OH is 2. The molecule has 2 aromatic carbocycles. The van der Waals surface area contributed by atoms with Crippen molar-refractivity contribution in [3.63, 3.8) is 0 Å². The van der Waals surface area contributed by atoms with Crippen molar-refractivity contribution in [1.82, 2.24) is 0 Å². The van der Waals surface area contributed by atoms with E-state index in [1.54, 1.807) is 13.2 Å². The van der Waals surface area contributed by atoms with Gasteiger partial charge in [-0.05, 0) is 53.3 Å². The summed E-state index contributed by atoms with van der Waals surface area (Å²) in [4.78, 5) is 12.2. The first-order valence-corrected chi connectivity index (χ1v) is 9.19. The molecule has 0 saturated carbocycles. The average Bonchev–Trinajstić information content (AvgIpc) is 3.11. The highest BCUT2D eigenvalue weighted by molar-refractivity contribution is 5.91. The average molecular weight is 386 g/mol. The molecule has 2 aromatic rings. The van der Waals surface area contributed by atoms with Crippen LogP contribution < -0.4 is 4.74 Å². The predicted octanol–water partition coefficient (Wildman–Crippen LogP) is 2.27. The SMILES string of the molecule is COC(=O)c1cc2c(cc1COCc1ccc(OC)cc1)CC(CO)(CO)C2. The molecule has 0 amide bonds. The number of carbonyl (C=O) groups excluding carboxylic acids is 1. The maximum atomic E-state index is 12.2. The first-order valence-electron chi connectivity index (χ1n) is 9.19. The number of methoxy groups -OCH3 is 2. The molecule has 2 N–H and O–H groups in total. The Morgan fingerprint density at radius 1 is 1.00 bits per heavy atom. The molecule has 6 heteroatoms. The van der Waals surface area contributed by atoms with Gasteiger partial charge in [-0.1, -0.05) is 18.2 Å². The van der Waals surface area contributed by atoms with E-state index < -0.39 is 11.4 Å². The maximum absolute atomic E-state index is 12.2. The Kier molecular flexibility index (Phi) is 6.34. The summed E-state index contributed by atoms with van der Waals surface area (Å²) >= 11 is 0. The third kappa shape index (κ3) is 4.19. The van der Waals surface area contributed by atoms with E-state index in [9.17, 15) is 15.0 Å². The standard InChI is InChI=1S/C22H26O6/c1-26-19-5-3-15(4-6-19)11-28-12-18-7-16-9-22(13-23,14-24)10-17(16)8-20(18)21(25)27-2/h3-8,23-24H,9-14H2,1-2H3. The van der Waals surface area contributed by atoms with E-state index in [1.165, 1.54) is 7.11 Å². The van der Waals surface area contributed by atoms with Crippen molar-refractivity contribution in [3.8, 4) is 5.75 Å². The van der Waals surface area contributed by atoms with E-state index in [0.717, 1.165) is 28.0 Å². The van der Waals surface area contributed by atoms with Gasteiger partial charge < -0.3 is 24.4 Å². The Hall–Kier alpha value is -2.41. The van der Waals surface area contributed by atoms with Gasteiger partial charge in [0, 0.05) is 5.41 Å². The molecule has 0 spiro atoms. The first-order chi connectivity index (χ1) is 13.5. The van der Waals surface area contributed by atoms with Crippen LogP contribution in [0.3, 0.4) is 0 Å². The summed E-state index contributed by atoms with van der Waals surface area (Å²) in [5.41, 5.74) is 3.62. The summed E-state index contributed by atoms with van der Waals surface area (Å²) in [6.45, 7) is 0.456. The number of hydrogen-bond donors (Lipinski definition) is 2. The Morgan fingerprint density at radius 3 is 2.21 bits per heavy atom. The number of benzene rings is 2. The third-order valence-electron chi connectivity index (χ3n) is 5.32. The summed E-state index contributed by atoms with van der Waals surface area (Å²) in [5.74, 6) is 0.364. The normalized spacial score (nSPS) is 14.6. The zero-order valence-electron chi connectivity index (χ0n) is 16.2. The van der Waals surface area contributed by atoms with Gasteiger partial charge in [0.2, 0.25) is 0 Å². The zero-order valence-corrected chi connectivity index (χ0v) is 16.2. The lowest BCUT2D eigenvalue weighted by Crippen LogP contribution is -2.30. The van der Waals surface area contributed by atoms with Crippen LogP contribution in [-0.2, 0) is 35.5 Å². The van der Waals surface area contributed by atoms with Gasteiger partial charge in [0.25, 0.3) is 0 Å². The van der Waals surface area contributed by atoms with Crippen LogP contribution >= 0.6 is 0 Å². The van der Waals surface area contributed by atoms with E-state index in [0.29, 0.717) is 25.0 Å². The molecular weight excluding hydrogens is 360 g/mol. The highest BCUT2D eigenvalue weighted by atomic mass is 16.5. The van der Waals surface area contributed by atoms with E-state index in [-0.39, 0.29) is 19.8 Å². The van der Waals surface area contributed by atoms with Gasteiger partial charge >= 0.3 is 5.97 Å². The minimum atomic E-state index is -0.571. The molecule has 1 aliphatic rings. The Labute approximate surface area is 164 Å². The van der Waals surface area contributed by atoms with Crippen LogP contribution in [0.1, 0.15) is 32.6 Å². The van der Waals surface area contributed by atoms with Gasteiger partial charge in [0.15, 0.2) is 0 Å². The van der Waals surface area contributed by atoms with Crippen molar-refractivity contribution >= 4 is 5.97 Å². The number of rotatable bonds is 8. The van der Waals surface area contributed by atoms with Crippen molar-refractivity contribution in [2.24, 2.45) is 5.41 Å². The summed E-state index contributed by atoms with van der Waals surface area (Å²) in [5, 5.41) is 19.4. The van der Waals surface area contributed by atoms with Gasteiger partial charge in [0.1, 0.15) is 5.75 Å². The van der Waals surface area contributed by atoms with Crippen LogP contribution in [0.25, 0.3) is 0 Å². The quantitative estimate of drug-likeness (QED) is 0.677. The lowest BCUT2D eigenvalue weighted by molar-refractivity contribution is 0.0589. The molecular formula is C22H26O6. The minimum absolute atomic E-state index is 0.102. The van der Waals surface area contributed by atoms with Gasteiger partial charge in [0.05, 0.1) is 46.2 Å². The molecule has 0 radical (unpaired) electrons. The fourth-order valence-electron chi connectivity index (χ4n) is 3.63. The smallest absolute Gasteiger partial charge is 0.338 e. The van der Waals surface area contributed by atoms with E-state index in [2.05, 4.69) is 0 Å². The molecule has 0 fully saturated rings. The number of aliphatic hydroxyl groups is 2. The van der Waals surface area contributed by atoms with Gasteiger partial charge in [-0.3, -0.25) is 0 Å². The van der Waals surface area contributed by atoms with Crippen LogP contribution in [0.4, 0.5) is 0 Å². The minimum Gasteiger partial charge on any atom is -0.497 e. The lowest BCUT2D eigenvalue weighted by Gasteiger charge is -2.22. The molecule has 0 aromatic heterocycles. The van der Waals surface area contributed by atoms with Crippen molar-refractivity contribution in [2.45, 2.75) is 26.1 Å². The summed E-state index contributed by atoms with van der Waals surface area (Å²) in [7, 11) is 2.97. The number of ether oxygens (including phenoxy) is 3. The molecule has 0 saturated heterocycles. The highest BCUT2D eigenvalue weighted by Gasteiger charge is 2.37. The third-order valence-corrected chi connectivity index (χ3v) is 5.32. The molecule has 3 rings (SSSR count). The first kappa shape index (κ1) is 20.3. The van der Waals surface area contributed by atoms with Crippen molar-refractivity contribution in [2.75, 3.05) is 27.4 Å². The predicted molar refractivity (Wildman–Crippen MR) is 103 cm³/mol. The van der Waals surface area contributed by atoms with E-state index in [4.69, 9.17) is 14.2 Å². The lowest BCUT2D eigenvalue weighted by atomic mass is 9.87. The number of carbonyl (C=O) groups is 1. The number of fused-ring (bicyclic) bond motifs is 1. The summed E-state index contributed by atoms with van der Waals surface area (Å²) in [6, 6.07) is 11.3. The number of esters is 1. The van der Waals surface area contributed by atoms with Crippen LogP contribution in [0.2, 0.25) is 0 Å². The van der Waals surface area contributed by atoms with Crippen molar-refractivity contribution < 1.29 is 29.2 Å². The fourth-order valence-corrected chi connectivity index (χ4v) is 3.63. The van der Waals surface area contributed by atoms with Gasteiger partial charge in [-0.2, -0.15) is 0 Å². The van der Waals surface area contributed by atoms with E-state index in [1.807, 2.05) is 30.3 Å². The molecule has 0 bridgehead atoms. The van der Waals surface area contributed by atoms with Crippen molar-refractivity contribution in [1.29, 1.82) is 0 Å². The largest absolute Gasteiger partial charge is 0.497 e. The summed E-state index contributed by atoms with van der Waals surface area (Å²) < 4.78 is 15.9. The monoisotopic (exact) mass is 386 g/mol. The maximum Gasteiger partial charge on any atom is 0.338 e. The Bertz CT molecular complexity index is 824. The van der Waals surface area contributed by atoms with Crippen molar-refractivity contribution in [3.05, 3.63) is 64.2 Å². The molecule has 0 heterocycles. The molecule has 0 unspecified atom stereocenters. The van der Waals surface area contributed by atoms with Gasteiger partial charge in [-0.25, -0.2) is 4.79 Å².